The van der Waals surface area contributed by atoms with Crippen LogP contribution in [0.2, 0.25) is 0 Å². The molecule has 8 heteroatoms. The summed E-state index contributed by atoms with van der Waals surface area (Å²) in [5.74, 6) is 0.967. The van der Waals surface area contributed by atoms with Gasteiger partial charge in [-0.2, -0.15) is 0 Å². The Hall–Kier alpha value is -1.93. The maximum atomic E-state index is 12.8. The van der Waals surface area contributed by atoms with E-state index in [1.807, 2.05) is 11.0 Å². The fourth-order valence-electron chi connectivity index (χ4n) is 3.63. The zero-order chi connectivity index (χ0) is 18.2. The molecule has 1 aromatic carbocycles. The number of carbonyl (C=O) groups excluding carboxylic acids is 1. The molecule has 1 aliphatic heterocycles. The molecule has 2 aromatic heterocycles. The van der Waals surface area contributed by atoms with Gasteiger partial charge < -0.3 is 9.47 Å². The highest BCUT2D eigenvalue weighted by Crippen LogP contribution is 2.37. The van der Waals surface area contributed by atoms with Crippen molar-refractivity contribution in [3.63, 3.8) is 0 Å². The van der Waals surface area contributed by atoms with Gasteiger partial charge in [0.05, 0.1) is 21.0 Å². The average molecular weight is 400 g/mol. The summed E-state index contributed by atoms with van der Waals surface area (Å²) in [4.78, 5) is 19.6. The molecule has 0 bridgehead atoms. The molecule has 3 heterocycles. The minimum Gasteiger partial charge on any atom is -0.341 e. The first-order chi connectivity index (χ1) is 13.3. The third kappa shape index (κ3) is 3.60. The van der Waals surface area contributed by atoms with E-state index in [4.69, 9.17) is 4.98 Å². The molecule has 1 atom stereocenters. The molecule has 0 spiro atoms. The summed E-state index contributed by atoms with van der Waals surface area (Å²) in [5.41, 5.74) is 1.07. The van der Waals surface area contributed by atoms with Crippen LogP contribution in [-0.4, -0.2) is 49.4 Å². The second-order valence-corrected chi connectivity index (χ2v) is 9.24. The predicted octanol–water partition coefficient (Wildman–Crippen LogP) is 3.72. The van der Waals surface area contributed by atoms with Gasteiger partial charge in [0.15, 0.2) is 5.16 Å². The smallest absolute Gasteiger partial charge is 0.233 e. The van der Waals surface area contributed by atoms with Crippen molar-refractivity contribution < 1.29 is 4.79 Å². The number of benzene rings is 1. The van der Waals surface area contributed by atoms with E-state index < -0.39 is 0 Å². The number of fused-ring (bicyclic) bond motifs is 1. The van der Waals surface area contributed by atoms with E-state index in [0.717, 1.165) is 41.6 Å². The van der Waals surface area contributed by atoms with Gasteiger partial charge in [-0.1, -0.05) is 23.9 Å². The van der Waals surface area contributed by atoms with Gasteiger partial charge >= 0.3 is 0 Å². The molecule has 2 aliphatic rings. The summed E-state index contributed by atoms with van der Waals surface area (Å²) >= 11 is 3.27. The molecule has 5 rings (SSSR count). The van der Waals surface area contributed by atoms with Crippen LogP contribution in [0.25, 0.3) is 10.2 Å². The van der Waals surface area contributed by atoms with Gasteiger partial charge in [-0.3, -0.25) is 4.79 Å². The fraction of sp³-hybridized carbons (Fsp3) is 0.474. The van der Waals surface area contributed by atoms with Crippen LogP contribution < -0.4 is 0 Å². The molecule has 0 N–H and O–H groups in total. The van der Waals surface area contributed by atoms with Crippen molar-refractivity contribution in [3.05, 3.63) is 35.6 Å². The van der Waals surface area contributed by atoms with Gasteiger partial charge in [-0.25, -0.2) is 4.98 Å². The number of para-hydroxylation sites is 1. The molecule has 1 saturated carbocycles. The summed E-state index contributed by atoms with van der Waals surface area (Å²) in [6, 6.07) is 8.80. The van der Waals surface area contributed by atoms with Gasteiger partial charge in [0, 0.05) is 25.0 Å². The Morgan fingerprint density at radius 3 is 3.00 bits per heavy atom. The Kier molecular flexibility index (Phi) is 4.61. The van der Waals surface area contributed by atoms with Gasteiger partial charge in [-0.05, 0) is 37.8 Å². The van der Waals surface area contributed by atoms with Crippen LogP contribution in [0.4, 0.5) is 0 Å². The quantitative estimate of drug-likeness (QED) is 0.612. The minimum absolute atomic E-state index is 0.191. The van der Waals surface area contributed by atoms with Crippen molar-refractivity contribution in [2.24, 2.45) is 0 Å². The van der Waals surface area contributed by atoms with Crippen molar-refractivity contribution in [3.8, 4) is 0 Å². The minimum atomic E-state index is 0.191. The lowest BCUT2D eigenvalue weighted by atomic mass is 9.99. The van der Waals surface area contributed by atoms with Gasteiger partial charge in [0.2, 0.25) is 5.91 Å². The molecular weight excluding hydrogens is 378 g/mol. The van der Waals surface area contributed by atoms with E-state index in [1.54, 1.807) is 17.7 Å². The summed E-state index contributed by atoms with van der Waals surface area (Å²) in [6.45, 7) is 1.62. The lowest BCUT2D eigenvalue weighted by Crippen LogP contribution is -2.40. The van der Waals surface area contributed by atoms with Crippen molar-refractivity contribution >= 4 is 39.2 Å². The molecule has 1 saturated heterocycles. The number of thioether (sulfide) groups is 1. The third-order valence-corrected chi connectivity index (χ3v) is 7.38. The van der Waals surface area contributed by atoms with Gasteiger partial charge in [0.1, 0.15) is 6.33 Å². The van der Waals surface area contributed by atoms with Crippen molar-refractivity contribution in [2.75, 3.05) is 18.8 Å². The highest BCUT2D eigenvalue weighted by atomic mass is 32.2. The largest absolute Gasteiger partial charge is 0.341 e. The molecule has 0 radical (unpaired) electrons. The average Bonchev–Trinajstić information content (AvgIpc) is 3.28. The standard InChI is InChI=1S/C19H21N5OS2/c25-17(11-26-19-22-20-12-24(19)14-7-8-14)23-9-3-4-13(10-23)18-21-15-5-1-2-6-16(15)27-18/h1-2,5-6,12-14H,3-4,7-11H2. The lowest BCUT2D eigenvalue weighted by Gasteiger charge is -2.31. The summed E-state index contributed by atoms with van der Waals surface area (Å²) in [6.07, 6.45) is 6.31. The highest BCUT2D eigenvalue weighted by Gasteiger charge is 2.29. The SMILES string of the molecule is O=C(CSc1nncn1C1CC1)N1CCCC(c2nc3ccccc3s2)C1. The number of piperidine rings is 1. The molecule has 2 fully saturated rings. The van der Waals surface area contributed by atoms with Crippen LogP contribution in [0.5, 0.6) is 0 Å². The summed E-state index contributed by atoms with van der Waals surface area (Å²) < 4.78 is 3.34. The fourth-order valence-corrected chi connectivity index (χ4v) is 5.60. The molecule has 1 unspecified atom stereocenters. The number of thiazole rings is 1. The monoisotopic (exact) mass is 399 g/mol. The van der Waals surface area contributed by atoms with Crippen LogP contribution in [0.1, 0.15) is 42.7 Å². The maximum absolute atomic E-state index is 12.8. The first-order valence-corrected chi connectivity index (χ1v) is 11.2. The predicted molar refractivity (Wildman–Crippen MR) is 107 cm³/mol. The molecular formula is C19H21N5OS2. The Balaban J connectivity index is 1.23. The second-order valence-electron chi connectivity index (χ2n) is 7.24. The highest BCUT2D eigenvalue weighted by molar-refractivity contribution is 7.99. The van der Waals surface area contributed by atoms with Crippen molar-refractivity contribution in [2.45, 2.75) is 42.8 Å². The summed E-state index contributed by atoms with van der Waals surface area (Å²) in [5, 5.41) is 10.2. The lowest BCUT2D eigenvalue weighted by molar-refractivity contribution is -0.129. The van der Waals surface area contributed by atoms with Crippen LogP contribution in [-0.2, 0) is 4.79 Å². The van der Waals surface area contributed by atoms with Crippen molar-refractivity contribution in [1.29, 1.82) is 0 Å². The second kappa shape index (κ2) is 7.24. The number of nitrogens with zero attached hydrogens (tertiary/aromatic N) is 5. The molecule has 6 nitrogen and oxygen atoms in total. The van der Waals surface area contributed by atoms with Crippen LogP contribution >= 0.6 is 23.1 Å². The zero-order valence-electron chi connectivity index (χ0n) is 15.0. The van der Waals surface area contributed by atoms with E-state index >= 15 is 0 Å². The van der Waals surface area contributed by atoms with E-state index in [1.165, 1.54) is 29.3 Å². The first-order valence-electron chi connectivity index (χ1n) is 9.43. The number of rotatable bonds is 5. The van der Waals surface area contributed by atoms with Crippen molar-refractivity contribution in [1.82, 2.24) is 24.6 Å². The Labute approximate surface area is 166 Å². The first kappa shape index (κ1) is 17.2. The molecule has 1 amide bonds. The number of aromatic nitrogens is 4. The normalized spacial score (nSPS) is 20.3. The Morgan fingerprint density at radius 2 is 2.15 bits per heavy atom. The van der Waals surface area contributed by atoms with Crippen LogP contribution in [0.15, 0.2) is 35.7 Å². The summed E-state index contributed by atoms with van der Waals surface area (Å²) in [7, 11) is 0. The molecule has 1 aliphatic carbocycles. The topological polar surface area (TPSA) is 63.9 Å². The Bertz CT molecular complexity index is 931. The van der Waals surface area contributed by atoms with Crippen LogP contribution in [0, 0.1) is 0 Å². The van der Waals surface area contributed by atoms with Gasteiger partial charge in [-0.15, -0.1) is 21.5 Å². The maximum Gasteiger partial charge on any atom is 0.233 e. The number of carbonyl (C=O) groups is 1. The zero-order valence-corrected chi connectivity index (χ0v) is 16.6. The molecule has 3 aromatic rings. The number of hydrogen-bond acceptors (Lipinski definition) is 6. The van der Waals surface area contributed by atoms with E-state index in [9.17, 15) is 4.79 Å². The number of amides is 1. The van der Waals surface area contributed by atoms with Gasteiger partial charge in [0.25, 0.3) is 0 Å². The number of hydrogen-bond donors (Lipinski definition) is 0. The van der Waals surface area contributed by atoms with E-state index in [-0.39, 0.29) is 5.91 Å². The molecule has 140 valence electrons. The van der Waals surface area contributed by atoms with E-state index in [2.05, 4.69) is 33.0 Å². The van der Waals surface area contributed by atoms with E-state index in [0.29, 0.717) is 17.7 Å². The number of likely N-dealkylation sites (tertiary alicyclic amines) is 1. The van der Waals surface area contributed by atoms with Crippen LogP contribution in [0.3, 0.4) is 0 Å². The Morgan fingerprint density at radius 1 is 1.26 bits per heavy atom. The third-order valence-electron chi connectivity index (χ3n) is 5.24. The molecule has 27 heavy (non-hydrogen) atoms.